The van der Waals surface area contributed by atoms with Crippen LogP contribution in [0.4, 0.5) is 0 Å². The summed E-state index contributed by atoms with van der Waals surface area (Å²) in [7, 11) is 0. The van der Waals surface area contributed by atoms with E-state index < -0.39 is 0 Å². The second-order valence-corrected chi connectivity index (χ2v) is 3.11. The van der Waals surface area contributed by atoms with E-state index in [1.165, 1.54) is 12.4 Å². The Bertz CT molecular complexity index is 260. The molecule has 0 amide bonds. The molecule has 0 spiro atoms. The van der Waals surface area contributed by atoms with E-state index >= 15 is 0 Å². The Balaban J connectivity index is 3.12. The summed E-state index contributed by atoms with van der Waals surface area (Å²) in [6, 6.07) is 0. The van der Waals surface area contributed by atoms with Crippen LogP contribution in [0.15, 0.2) is 12.4 Å². The average molecular weight is 207 g/mol. The van der Waals surface area contributed by atoms with Gasteiger partial charge in [-0.3, -0.25) is 9.82 Å². The maximum absolute atomic E-state index is 5.82. The van der Waals surface area contributed by atoms with E-state index in [2.05, 4.69) is 9.82 Å². The van der Waals surface area contributed by atoms with Gasteiger partial charge in [0.15, 0.2) is 0 Å². The van der Waals surface area contributed by atoms with E-state index in [9.17, 15) is 0 Å². The Morgan fingerprint density at radius 1 is 1.42 bits per heavy atom. The molecule has 0 saturated heterocycles. The summed E-state index contributed by atoms with van der Waals surface area (Å²) in [6.45, 7) is 1.76. The van der Waals surface area contributed by atoms with Gasteiger partial charge in [0.1, 0.15) is 6.10 Å². The van der Waals surface area contributed by atoms with Crippen molar-refractivity contribution < 1.29 is 4.84 Å². The van der Waals surface area contributed by atoms with E-state index in [0.717, 1.165) is 0 Å². The highest BCUT2D eigenvalue weighted by atomic mass is 35.5. The van der Waals surface area contributed by atoms with Gasteiger partial charge in [0, 0.05) is 18.0 Å². The first-order chi connectivity index (χ1) is 5.66. The SMILES string of the molecule is CC(ON)c1c(Cl)cncc1Cl. The van der Waals surface area contributed by atoms with Crippen molar-refractivity contribution in [2.24, 2.45) is 5.90 Å². The molecule has 0 saturated carbocycles. The lowest BCUT2D eigenvalue weighted by Crippen LogP contribution is -2.06. The molecule has 0 aliphatic carbocycles. The number of hydrogen-bond acceptors (Lipinski definition) is 3. The van der Waals surface area contributed by atoms with Crippen molar-refractivity contribution in [2.45, 2.75) is 13.0 Å². The number of nitrogens with zero attached hydrogens (tertiary/aromatic N) is 1. The minimum atomic E-state index is -0.326. The van der Waals surface area contributed by atoms with Gasteiger partial charge in [-0.2, -0.15) is 0 Å². The van der Waals surface area contributed by atoms with Gasteiger partial charge < -0.3 is 0 Å². The quantitative estimate of drug-likeness (QED) is 0.757. The van der Waals surface area contributed by atoms with E-state index in [-0.39, 0.29) is 6.10 Å². The molecule has 1 heterocycles. The summed E-state index contributed by atoms with van der Waals surface area (Å²) in [5.41, 5.74) is 0.663. The molecule has 12 heavy (non-hydrogen) atoms. The Morgan fingerprint density at radius 3 is 2.33 bits per heavy atom. The Kier molecular flexibility index (Phi) is 3.29. The van der Waals surface area contributed by atoms with Gasteiger partial charge >= 0.3 is 0 Å². The lowest BCUT2D eigenvalue weighted by atomic mass is 10.2. The van der Waals surface area contributed by atoms with Gasteiger partial charge in [-0.15, -0.1) is 0 Å². The lowest BCUT2D eigenvalue weighted by molar-refractivity contribution is 0.0665. The number of pyridine rings is 1. The molecule has 1 aromatic heterocycles. The van der Waals surface area contributed by atoms with Crippen LogP contribution in [-0.2, 0) is 4.84 Å². The monoisotopic (exact) mass is 206 g/mol. The number of rotatable bonds is 2. The molecular weight excluding hydrogens is 199 g/mol. The van der Waals surface area contributed by atoms with Crippen molar-refractivity contribution in [1.29, 1.82) is 0 Å². The van der Waals surface area contributed by atoms with Gasteiger partial charge in [-0.25, -0.2) is 5.90 Å². The summed E-state index contributed by atoms with van der Waals surface area (Å²) in [5, 5.41) is 0.918. The topological polar surface area (TPSA) is 48.1 Å². The predicted octanol–water partition coefficient (Wildman–Crippen LogP) is 2.34. The highest BCUT2D eigenvalue weighted by Gasteiger charge is 2.13. The van der Waals surface area contributed by atoms with Crippen molar-refractivity contribution in [3.05, 3.63) is 28.0 Å². The van der Waals surface area contributed by atoms with Crippen molar-refractivity contribution >= 4 is 23.2 Å². The van der Waals surface area contributed by atoms with Crippen LogP contribution in [0, 0.1) is 0 Å². The molecule has 0 radical (unpaired) electrons. The second-order valence-electron chi connectivity index (χ2n) is 2.30. The first kappa shape index (κ1) is 9.74. The summed E-state index contributed by atoms with van der Waals surface area (Å²) in [5.74, 6) is 5.00. The molecular formula is C7H8Cl2N2O. The number of hydrogen-bond donors (Lipinski definition) is 1. The van der Waals surface area contributed by atoms with Crippen molar-refractivity contribution in [1.82, 2.24) is 4.98 Å². The molecule has 0 aromatic carbocycles. The summed E-state index contributed by atoms with van der Waals surface area (Å²) in [4.78, 5) is 8.40. The van der Waals surface area contributed by atoms with Crippen LogP contribution >= 0.6 is 23.2 Å². The highest BCUT2D eigenvalue weighted by molar-refractivity contribution is 6.35. The zero-order chi connectivity index (χ0) is 9.14. The van der Waals surface area contributed by atoms with Gasteiger partial charge in [-0.05, 0) is 6.92 Å². The fourth-order valence-corrected chi connectivity index (χ4v) is 1.55. The molecule has 0 aliphatic rings. The maximum atomic E-state index is 5.82. The normalized spacial score (nSPS) is 13.0. The van der Waals surface area contributed by atoms with Crippen LogP contribution in [0.5, 0.6) is 0 Å². The number of halogens is 2. The zero-order valence-electron chi connectivity index (χ0n) is 6.42. The van der Waals surface area contributed by atoms with Crippen LogP contribution in [-0.4, -0.2) is 4.98 Å². The molecule has 2 N–H and O–H groups in total. The average Bonchev–Trinajstić information content (AvgIpc) is 2.03. The molecule has 5 heteroatoms. The largest absolute Gasteiger partial charge is 0.297 e. The molecule has 1 unspecified atom stereocenters. The Labute approximate surface area is 80.4 Å². The third-order valence-corrected chi connectivity index (χ3v) is 2.10. The molecule has 3 nitrogen and oxygen atoms in total. The van der Waals surface area contributed by atoms with Gasteiger partial charge in [0.2, 0.25) is 0 Å². The van der Waals surface area contributed by atoms with Crippen LogP contribution in [0.2, 0.25) is 10.0 Å². The molecule has 1 rings (SSSR count). The van der Waals surface area contributed by atoms with Crippen LogP contribution in [0.1, 0.15) is 18.6 Å². The zero-order valence-corrected chi connectivity index (χ0v) is 7.93. The molecule has 0 aliphatic heterocycles. The third-order valence-electron chi connectivity index (χ3n) is 1.50. The van der Waals surface area contributed by atoms with E-state index in [0.29, 0.717) is 15.6 Å². The maximum Gasteiger partial charge on any atom is 0.104 e. The second kappa shape index (κ2) is 4.05. The fourth-order valence-electron chi connectivity index (χ4n) is 0.878. The first-order valence-electron chi connectivity index (χ1n) is 3.31. The van der Waals surface area contributed by atoms with Crippen LogP contribution < -0.4 is 5.90 Å². The fraction of sp³-hybridized carbons (Fsp3) is 0.286. The first-order valence-corrected chi connectivity index (χ1v) is 4.07. The summed E-state index contributed by atoms with van der Waals surface area (Å²) >= 11 is 11.6. The standard InChI is InChI=1S/C7H8Cl2N2O/c1-4(12-10)7-5(8)2-11-3-6(7)9/h2-4H,10H2,1H3. The summed E-state index contributed by atoms with van der Waals surface area (Å²) < 4.78 is 0. The number of aromatic nitrogens is 1. The van der Waals surface area contributed by atoms with Crippen LogP contribution in [0.3, 0.4) is 0 Å². The summed E-state index contributed by atoms with van der Waals surface area (Å²) in [6.07, 6.45) is 2.67. The van der Waals surface area contributed by atoms with Crippen LogP contribution in [0.25, 0.3) is 0 Å². The Hall–Kier alpha value is -0.350. The van der Waals surface area contributed by atoms with E-state index in [1.807, 2.05) is 0 Å². The molecule has 0 fully saturated rings. The van der Waals surface area contributed by atoms with E-state index in [1.54, 1.807) is 6.92 Å². The third kappa shape index (κ3) is 1.87. The van der Waals surface area contributed by atoms with Crippen molar-refractivity contribution in [3.63, 3.8) is 0 Å². The number of nitrogens with two attached hydrogens (primary N) is 1. The van der Waals surface area contributed by atoms with Gasteiger partial charge in [0.05, 0.1) is 10.0 Å². The minimum Gasteiger partial charge on any atom is -0.297 e. The van der Waals surface area contributed by atoms with Gasteiger partial charge in [-0.1, -0.05) is 23.2 Å². The minimum absolute atomic E-state index is 0.326. The molecule has 1 atom stereocenters. The molecule has 1 aromatic rings. The van der Waals surface area contributed by atoms with Gasteiger partial charge in [0.25, 0.3) is 0 Å². The van der Waals surface area contributed by atoms with E-state index in [4.69, 9.17) is 29.1 Å². The predicted molar refractivity (Wildman–Crippen MR) is 47.9 cm³/mol. The highest BCUT2D eigenvalue weighted by Crippen LogP contribution is 2.29. The molecule has 0 bridgehead atoms. The smallest absolute Gasteiger partial charge is 0.104 e. The molecule has 66 valence electrons. The Morgan fingerprint density at radius 2 is 1.92 bits per heavy atom. The van der Waals surface area contributed by atoms with Crippen molar-refractivity contribution in [3.8, 4) is 0 Å². The van der Waals surface area contributed by atoms with Crippen molar-refractivity contribution in [2.75, 3.05) is 0 Å². The lowest BCUT2D eigenvalue weighted by Gasteiger charge is -2.11.